The van der Waals surface area contributed by atoms with Gasteiger partial charge in [0.25, 0.3) is 0 Å². The molecule has 0 aliphatic carbocycles. The third kappa shape index (κ3) is 5.77. The van der Waals surface area contributed by atoms with Crippen LogP contribution in [0.3, 0.4) is 0 Å². The highest BCUT2D eigenvalue weighted by Gasteiger charge is 2.21. The van der Waals surface area contributed by atoms with E-state index in [0.717, 1.165) is 64.0 Å². The van der Waals surface area contributed by atoms with Crippen molar-refractivity contribution in [3.05, 3.63) is 36.8 Å². The summed E-state index contributed by atoms with van der Waals surface area (Å²) >= 11 is 1.67. The van der Waals surface area contributed by atoms with Crippen molar-refractivity contribution in [1.29, 1.82) is 0 Å². The van der Waals surface area contributed by atoms with Crippen molar-refractivity contribution in [2.45, 2.75) is 0 Å². The first-order valence-electron chi connectivity index (χ1n) is 12.1. The molecule has 0 aromatic carbocycles. The summed E-state index contributed by atoms with van der Waals surface area (Å²) in [5, 5.41) is 0. The standard InChI is InChI=1S/C25H30N8O3S/c1-34-9-5-32(6-10-35-2)21-4-3-17(14-27-21)20-13-19-22(37-20)24(33-7-11-36-12-8-33)31-23(30-19)18-15-28-25(26)29-16-18/h3-4,13-16H,5-12H2,1-2H3,(H2,26,28,29). The van der Waals surface area contributed by atoms with Gasteiger partial charge in [0.15, 0.2) is 11.6 Å². The molecule has 0 unspecified atom stereocenters. The number of rotatable bonds is 10. The van der Waals surface area contributed by atoms with Crippen LogP contribution in [0.5, 0.6) is 0 Å². The van der Waals surface area contributed by atoms with Gasteiger partial charge in [-0.3, -0.25) is 0 Å². The average Bonchev–Trinajstić information content (AvgIpc) is 3.38. The van der Waals surface area contributed by atoms with E-state index in [2.05, 4.69) is 31.9 Å². The van der Waals surface area contributed by atoms with Crippen LogP contribution in [0.15, 0.2) is 36.8 Å². The van der Waals surface area contributed by atoms with E-state index < -0.39 is 0 Å². The quantitative estimate of drug-likeness (QED) is 0.330. The monoisotopic (exact) mass is 522 g/mol. The Labute approximate surface area is 219 Å². The molecule has 0 amide bonds. The molecule has 0 radical (unpaired) electrons. The molecule has 4 aromatic heterocycles. The Morgan fingerprint density at radius 1 is 0.973 bits per heavy atom. The van der Waals surface area contributed by atoms with Crippen LogP contribution in [0.2, 0.25) is 0 Å². The molecule has 11 nitrogen and oxygen atoms in total. The van der Waals surface area contributed by atoms with E-state index in [-0.39, 0.29) is 5.95 Å². The van der Waals surface area contributed by atoms with Gasteiger partial charge in [-0.15, -0.1) is 11.3 Å². The number of nitrogen functional groups attached to an aromatic ring is 1. The summed E-state index contributed by atoms with van der Waals surface area (Å²) in [6.07, 6.45) is 5.21. The van der Waals surface area contributed by atoms with Gasteiger partial charge in [-0.1, -0.05) is 0 Å². The Morgan fingerprint density at radius 2 is 1.68 bits per heavy atom. The number of ether oxygens (including phenoxy) is 3. The molecule has 0 atom stereocenters. The summed E-state index contributed by atoms with van der Waals surface area (Å²) in [5.41, 5.74) is 8.29. The minimum Gasteiger partial charge on any atom is -0.383 e. The number of methoxy groups -OCH3 is 2. The van der Waals surface area contributed by atoms with Gasteiger partial charge in [0.1, 0.15) is 5.82 Å². The molecule has 1 saturated heterocycles. The number of hydrogen-bond acceptors (Lipinski definition) is 12. The second kappa shape index (κ2) is 11.7. The lowest BCUT2D eigenvalue weighted by molar-refractivity contribution is 0.122. The Kier molecular flexibility index (Phi) is 7.99. The third-order valence-corrected chi connectivity index (χ3v) is 7.25. The maximum Gasteiger partial charge on any atom is 0.219 e. The molecule has 12 heteroatoms. The summed E-state index contributed by atoms with van der Waals surface area (Å²) in [4.78, 5) is 28.2. The van der Waals surface area contributed by atoms with Gasteiger partial charge in [-0.25, -0.2) is 24.9 Å². The Bertz CT molecular complexity index is 1300. The summed E-state index contributed by atoms with van der Waals surface area (Å²) in [6, 6.07) is 6.23. The Morgan fingerprint density at radius 3 is 2.32 bits per heavy atom. The highest BCUT2D eigenvalue weighted by Crippen LogP contribution is 2.38. The molecule has 1 fully saturated rings. The van der Waals surface area contributed by atoms with E-state index in [0.29, 0.717) is 32.3 Å². The first-order chi connectivity index (χ1) is 18.2. The van der Waals surface area contributed by atoms with Crippen molar-refractivity contribution in [1.82, 2.24) is 24.9 Å². The minimum absolute atomic E-state index is 0.218. The number of fused-ring (bicyclic) bond motifs is 1. The van der Waals surface area contributed by atoms with Gasteiger partial charge in [-0.05, 0) is 18.2 Å². The number of aromatic nitrogens is 5. The average molecular weight is 523 g/mol. The topological polar surface area (TPSA) is 125 Å². The second-order valence-electron chi connectivity index (χ2n) is 8.50. The SMILES string of the molecule is COCCN(CCOC)c1ccc(-c2cc3nc(-c4cnc(N)nc4)nc(N4CCOCC4)c3s2)cn1. The lowest BCUT2D eigenvalue weighted by atomic mass is 10.2. The number of morpholine rings is 1. The summed E-state index contributed by atoms with van der Waals surface area (Å²) in [6.45, 7) is 5.59. The molecule has 0 spiro atoms. The van der Waals surface area contributed by atoms with Gasteiger partial charge in [0.05, 0.1) is 42.2 Å². The number of pyridine rings is 1. The first kappa shape index (κ1) is 25.2. The fraction of sp³-hybridized carbons (Fsp3) is 0.400. The summed E-state index contributed by atoms with van der Waals surface area (Å²) < 4.78 is 17.1. The van der Waals surface area contributed by atoms with Crippen LogP contribution in [-0.2, 0) is 14.2 Å². The highest BCUT2D eigenvalue weighted by atomic mass is 32.1. The van der Waals surface area contributed by atoms with E-state index in [9.17, 15) is 0 Å². The molecular weight excluding hydrogens is 492 g/mol. The van der Waals surface area contributed by atoms with Crippen LogP contribution in [0.4, 0.5) is 17.6 Å². The van der Waals surface area contributed by atoms with Crippen LogP contribution < -0.4 is 15.5 Å². The van der Waals surface area contributed by atoms with Crippen LogP contribution >= 0.6 is 11.3 Å². The van der Waals surface area contributed by atoms with Crippen LogP contribution in [0, 0.1) is 0 Å². The molecule has 194 valence electrons. The molecule has 37 heavy (non-hydrogen) atoms. The van der Waals surface area contributed by atoms with Crippen molar-refractivity contribution in [3.63, 3.8) is 0 Å². The fourth-order valence-corrected chi connectivity index (χ4v) is 5.20. The number of nitrogens with two attached hydrogens (primary N) is 1. The second-order valence-corrected chi connectivity index (χ2v) is 9.56. The summed E-state index contributed by atoms with van der Waals surface area (Å²) in [7, 11) is 3.40. The molecule has 0 bridgehead atoms. The number of hydrogen-bond donors (Lipinski definition) is 1. The molecule has 1 aliphatic heterocycles. The largest absolute Gasteiger partial charge is 0.383 e. The molecule has 0 saturated carbocycles. The van der Waals surface area contributed by atoms with Gasteiger partial charge in [-0.2, -0.15) is 0 Å². The van der Waals surface area contributed by atoms with Gasteiger partial charge < -0.3 is 29.7 Å². The van der Waals surface area contributed by atoms with Gasteiger partial charge >= 0.3 is 0 Å². The van der Waals surface area contributed by atoms with Gasteiger partial charge in [0, 0.05) is 69.4 Å². The summed E-state index contributed by atoms with van der Waals surface area (Å²) in [5.74, 6) is 2.57. The number of nitrogens with zero attached hydrogens (tertiary/aromatic N) is 7. The fourth-order valence-electron chi connectivity index (χ4n) is 4.09. The molecule has 5 rings (SSSR count). The lowest BCUT2D eigenvalue weighted by Crippen LogP contribution is -2.36. The zero-order valence-electron chi connectivity index (χ0n) is 21.0. The van der Waals surface area contributed by atoms with Crippen LogP contribution in [0.25, 0.3) is 32.0 Å². The van der Waals surface area contributed by atoms with Crippen molar-refractivity contribution in [2.75, 3.05) is 82.4 Å². The highest BCUT2D eigenvalue weighted by molar-refractivity contribution is 7.22. The zero-order chi connectivity index (χ0) is 25.6. The molecule has 1 aliphatic rings. The lowest BCUT2D eigenvalue weighted by Gasteiger charge is -2.28. The maximum absolute atomic E-state index is 5.68. The predicted octanol–water partition coefficient (Wildman–Crippen LogP) is 2.73. The smallest absolute Gasteiger partial charge is 0.219 e. The van der Waals surface area contributed by atoms with Crippen molar-refractivity contribution >= 4 is 39.1 Å². The molecular formula is C25H30N8O3S. The van der Waals surface area contributed by atoms with E-state index >= 15 is 0 Å². The Hall–Kier alpha value is -3.45. The predicted molar refractivity (Wildman–Crippen MR) is 145 cm³/mol. The van der Waals surface area contributed by atoms with Crippen LogP contribution in [-0.4, -0.2) is 91.7 Å². The Balaban J connectivity index is 1.50. The molecule has 5 heterocycles. The van der Waals surface area contributed by atoms with Crippen molar-refractivity contribution in [3.8, 4) is 21.8 Å². The maximum atomic E-state index is 5.68. The van der Waals surface area contributed by atoms with E-state index in [4.69, 9.17) is 34.9 Å². The van der Waals surface area contributed by atoms with E-state index in [1.54, 1.807) is 38.0 Å². The van der Waals surface area contributed by atoms with Crippen molar-refractivity contribution in [2.24, 2.45) is 0 Å². The van der Waals surface area contributed by atoms with Crippen LogP contribution in [0.1, 0.15) is 0 Å². The molecule has 4 aromatic rings. The van der Waals surface area contributed by atoms with Gasteiger partial charge in [0.2, 0.25) is 5.95 Å². The van der Waals surface area contributed by atoms with Crippen molar-refractivity contribution < 1.29 is 14.2 Å². The molecule has 2 N–H and O–H groups in total. The first-order valence-corrected chi connectivity index (χ1v) is 12.9. The normalized spacial score (nSPS) is 13.8. The van der Waals surface area contributed by atoms with E-state index in [1.165, 1.54) is 0 Å². The minimum atomic E-state index is 0.218. The zero-order valence-corrected chi connectivity index (χ0v) is 21.8. The third-order valence-electron chi connectivity index (χ3n) is 6.08. The van der Waals surface area contributed by atoms with E-state index in [1.807, 2.05) is 12.3 Å². The number of thiophene rings is 1. The number of anilines is 3.